The highest BCUT2D eigenvalue weighted by atomic mass is 16.2. The summed E-state index contributed by atoms with van der Waals surface area (Å²) in [6, 6.07) is 30.1. The lowest BCUT2D eigenvalue weighted by molar-refractivity contribution is -0.142. The summed E-state index contributed by atoms with van der Waals surface area (Å²) in [4.78, 5) is 29.4. The van der Waals surface area contributed by atoms with E-state index in [-0.39, 0.29) is 23.8 Å². The molecule has 1 N–H and O–H groups in total. The first-order valence-electron chi connectivity index (χ1n) is 13.4. The lowest BCUT2D eigenvalue weighted by atomic mass is 9.88. The third kappa shape index (κ3) is 6.84. The molecule has 4 rings (SSSR count). The molecule has 0 aliphatic heterocycles. The van der Waals surface area contributed by atoms with Crippen molar-refractivity contribution in [3.05, 3.63) is 108 Å². The van der Waals surface area contributed by atoms with E-state index in [1.165, 1.54) is 6.42 Å². The van der Waals surface area contributed by atoms with Crippen LogP contribution in [0.25, 0.3) is 0 Å². The highest BCUT2D eigenvalue weighted by Gasteiger charge is 2.32. The average Bonchev–Trinajstić information content (AvgIpc) is 2.93. The van der Waals surface area contributed by atoms with Gasteiger partial charge in [-0.15, -0.1) is 0 Å². The second-order valence-electron chi connectivity index (χ2n) is 9.85. The molecule has 1 aliphatic carbocycles. The van der Waals surface area contributed by atoms with Gasteiger partial charge in [-0.2, -0.15) is 0 Å². The Labute approximate surface area is 215 Å². The summed E-state index contributed by atoms with van der Waals surface area (Å²) < 4.78 is 0. The van der Waals surface area contributed by atoms with Crippen LogP contribution < -0.4 is 5.32 Å². The van der Waals surface area contributed by atoms with Crippen LogP contribution in [0.1, 0.15) is 74.5 Å². The lowest BCUT2D eigenvalue weighted by Crippen LogP contribution is -2.51. The topological polar surface area (TPSA) is 49.4 Å². The number of nitrogens with zero attached hydrogens (tertiary/aromatic N) is 1. The maximum Gasteiger partial charge on any atom is 0.243 e. The van der Waals surface area contributed by atoms with Gasteiger partial charge in [-0.3, -0.25) is 9.59 Å². The van der Waals surface area contributed by atoms with E-state index in [9.17, 15) is 9.59 Å². The molecular weight excluding hydrogens is 444 g/mol. The van der Waals surface area contributed by atoms with Crippen molar-refractivity contribution in [2.75, 3.05) is 0 Å². The first-order chi connectivity index (χ1) is 17.7. The first-order valence-corrected chi connectivity index (χ1v) is 13.4. The second kappa shape index (κ2) is 13.1. The lowest BCUT2D eigenvalue weighted by Gasteiger charge is -2.34. The van der Waals surface area contributed by atoms with Crippen molar-refractivity contribution in [1.29, 1.82) is 0 Å². The van der Waals surface area contributed by atoms with Gasteiger partial charge < -0.3 is 10.2 Å². The first kappa shape index (κ1) is 25.7. The molecule has 0 bridgehead atoms. The number of hydrogen-bond acceptors (Lipinski definition) is 2. The molecule has 1 atom stereocenters. The van der Waals surface area contributed by atoms with Crippen molar-refractivity contribution in [2.24, 2.45) is 0 Å². The van der Waals surface area contributed by atoms with E-state index in [0.29, 0.717) is 19.4 Å². The van der Waals surface area contributed by atoms with Gasteiger partial charge in [0.05, 0.1) is 0 Å². The van der Waals surface area contributed by atoms with Crippen LogP contribution in [0.2, 0.25) is 0 Å². The van der Waals surface area contributed by atoms with Crippen molar-refractivity contribution in [2.45, 2.75) is 76.4 Å². The molecular formula is C32H38N2O2. The fraction of sp³-hybridized carbons (Fsp3) is 0.375. The van der Waals surface area contributed by atoms with E-state index in [4.69, 9.17) is 0 Å². The van der Waals surface area contributed by atoms with Gasteiger partial charge in [0, 0.05) is 24.9 Å². The number of rotatable bonds is 10. The Hall–Kier alpha value is -3.40. The number of hydrogen-bond donors (Lipinski definition) is 1. The summed E-state index contributed by atoms with van der Waals surface area (Å²) in [5.41, 5.74) is 3.25. The van der Waals surface area contributed by atoms with Crippen molar-refractivity contribution < 1.29 is 9.59 Å². The van der Waals surface area contributed by atoms with Crippen LogP contribution in [0.3, 0.4) is 0 Å². The van der Waals surface area contributed by atoms with Gasteiger partial charge in [0.2, 0.25) is 11.8 Å². The Balaban J connectivity index is 1.60. The van der Waals surface area contributed by atoms with Crippen molar-refractivity contribution in [1.82, 2.24) is 10.2 Å². The molecule has 4 heteroatoms. The van der Waals surface area contributed by atoms with E-state index in [2.05, 4.69) is 29.6 Å². The minimum absolute atomic E-state index is 0.00204. The molecule has 4 nitrogen and oxygen atoms in total. The number of nitrogens with one attached hydrogen (secondary N) is 1. The molecule has 0 spiro atoms. The van der Waals surface area contributed by atoms with Crippen LogP contribution >= 0.6 is 0 Å². The minimum Gasteiger partial charge on any atom is -0.352 e. The van der Waals surface area contributed by atoms with Crippen LogP contribution in [0.15, 0.2) is 91.0 Å². The Morgan fingerprint density at radius 3 is 1.86 bits per heavy atom. The van der Waals surface area contributed by atoms with Gasteiger partial charge in [-0.1, -0.05) is 117 Å². The molecule has 0 saturated heterocycles. The summed E-state index contributed by atoms with van der Waals surface area (Å²) in [7, 11) is 0. The number of amides is 2. The maximum absolute atomic E-state index is 14.0. The van der Waals surface area contributed by atoms with E-state index >= 15 is 0 Å². The van der Waals surface area contributed by atoms with Gasteiger partial charge in [-0.25, -0.2) is 0 Å². The smallest absolute Gasteiger partial charge is 0.243 e. The largest absolute Gasteiger partial charge is 0.352 e. The normalized spacial score (nSPS) is 14.8. The van der Waals surface area contributed by atoms with Crippen molar-refractivity contribution >= 4 is 11.8 Å². The summed E-state index contributed by atoms with van der Waals surface area (Å²) in [5, 5.41) is 3.27. The standard InChI is InChI=1S/C32H38N2O2/c1-2-30(32(36)33-28-21-13-6-14-22-28)34(24-25-15-7-3-8-16-25)31(35)23-29(26-17-9-4-10-18-26)27-19-11-5-12-20-27/h3-5,7-12,15-20,28-30H,2,6,13-14,21-24H2,1H3,(H,33,36)/t30-/m0/s1. The Morgan fingerprint density at radius 2 is 1.33 bits per heavy atom. The molecule has 0 radical (unpaired) electrons. The average molecular weight is 483 g/mol. The summed E-state index contributed by atoms with van der Waals surface area (Å²) in [6.45, 7) is 2.43. The van der Waals surface area contributed by atoms with Crippen LogP contribution in [0, 0.1) is 0 Å². The highest BCUT2D eigenvalue weighted by molar-refractivity contribution is 5.88. The van der Waals surface area contributed by atoms with Crippen molar-refractivity contribution in [3.8, 4) is 0 Å². The molecule has 0 aromatic heterocycles. The monoisotopic (exact) mass is 482 g/mol. The van der Waals surface area contributed by atoms with Crippen LogP contribution in [-0.4, -0.2) is 28.8 Å². The highest BCUT2D eigenvalue weighted by Crippen LogP contribution is 2.30. The number of benzene rings is 3. The zero-order valence-corrected chi connectivity index (χ0v) is 21.3. The van der Waals surface area contributed by atoms with Gasteiger partial charge in [0.15, 0.2) is 0 Å². The van der Waals surface area contributed by atoms with E-state index in [1.54, 1.807) is 0 Å². The second-order valence-corrected chi connectivity index (χ2v) is 9.85. The van der Waals surface area contributed by atoms with E-state index in [1.807, 2.05) is 78.6 Å². The molecule has 2 amide bonds. The van der Waals surface area contributed by atoms with Gasteiger partial charge in [0.1, 0.15) is 6.04 Å². The predicted octanol–water partition coefficient (Wildman–Crippen LogP) is 6.46. The fourth-order valence-corrected chi connectivity index (χ4v) is 5.33. The zero-order chi connectivity index (χ0) is 25.2. The molecule has 3 aromatic rings. The molecule has 0 heterocycles. The summed E-state index contributed by atoms with van der Waals surface area (Å²) in [6.07, 6.45) is 6.50. The summed E-state index contributed by atoms with van der Waals surface area (Å²) >= 11 is 0. The zero-order valence-electron chi connectivity index (χ0n) is 21.3. The molecule has 188 valence electrons. The predicted molar refractivity (Wildman–Crippen MR) is 145 cm³/mol. The third-order valence-corrected chi connectivity index (χ3v) is 7.32. The number of carbonyl (C=O) groups excluding carboxylic acids is 2. The Kier molecular flexibility index (Phi) is 9.32. The third-order valence-electron chi connectivity index (χ3n) is 7.32. The van der Waals surface area contributed by atoms with Crippen LogP contribution in [-0.2, 0) is 16.1 Å². The Bertz CT molecular complexity index is 1040. The quantitative estimate of drug-likeness (QED) is 0.360. The van der Waals surface area contributed by atoms with Crippen molar-refractivity contribution in [3.63, 3.8) is 0 Å². The molecule has 1 fully saturated rings. The van der Waals surface area contributed by atoms with Crippen LogP contribution in [0.5, 0.6) is 0 Å². The van der Waals surface area contributed by atoms with Gasteiger partial charge in [-0.05, 0) is 36.0 Å². The van der Waals surface area contributed by atoms with Gasteiger partial charge >= 0.3 is 0 Å². The molecule has 1 aliphatic rings. The molecule has 1 saturated carbocycles. The minimum atomic E-state index is -0.494. The summed E-state index contributed by atoms with van der Waals surface area (Å²) in [5.74, 6) is -0.0936. The molecule has 36 heavy (non-hydrogen) atoms. The number of carbonyl (C=O) groups is 2. The van der Waals surface area contributed by atoms with Gasteiger partial charge in [0.25, 0.3) is 0 Å². The molecule has 0 unspecified atom stereocenters. The van der Waals surface area contributed by atoms with E-state index in [0.717, 1.165) is 42.4 Å². The maximum atomic E-state index is 14.0. The van der Waals surface area contributed by atoms with E-state index < -0.39 is 6.04 Å². The fourth-order valence-electron chi connectivity index (χ4n) is 5.33. The SMILES string of the molecule is CC[C@@H](C(=O)NC1CCCCC1)N(Cc1ccccc1)C(=O)CC(c1ccccc1)c1ccccc1. The van der Waals surface area contributed by atoms with Crippen LogP contribution in [0.4, 0.5) is 0 Å². The molecule has 3 aromatic carbocycles. The Morgan fingerprint density at radius 1 is 0.806 bits per heavy atom.